The molecule has 23 heavy (non-hydrogen) atoms. The van der Waals surface area contributed by atoms with Gasteiger partial charge in [0, 0.05) is 5.56 Å². The fraction of sp³-hybridized carbons (Fsp3) is 0.529. The Morgan fingerprint density at radius 3 is 1.78 bits per heavy atom. The Balaban J connectivity index is 1.72. The molecule has 124 valence electrons. The summed E-state index contributed by atoms with van der Waals surface area (Å²) in [4.78, 5) is 22.2. The van der Waals surface area contributed by atoms with Crippen molar-refractivity contribution >= 4 is 11.9 Å². The number of rotatable bonds is 4. The highest BCUT2D eigenvalue weighted by molar-refractivity contribution is 5.84. The van der Waals surface area contributed by atoms with Crippen LogP contribution in [-0.2, 0) is 19.1 Å². The van der Waals surface area contributed by atoms with E-state index < -0.39 is 30.4 Å². The molecule has 2 aliphatic rings. The number of hydrogen-bond donors (Lipinski definition) is 2. The van der Waals surface area contributed by atoms with Crippen LogP contribution in [0.2, 0.25) is 0 Å². The molecule has 1 heterocycles. The van der Waals surface area contributed by atoms with E-state index in [1.54, 1.807) is 0 Å². The Morgan fingerprint density at radius 2 is 1.30 bits per heavy atom. The summed E-state index contributed by atoms with van der Waals surface area (Å²) >= 11 is 0. The maximum Gasteiger partial charge on any atom is 0.336 e. The van der Waals surface area contributed by atoms with Gasteiger partial charge in [-0.2, -0.15) is 0 Å². The highest BCUT2D eigenvalue weighted by atomic mass is 16.7. The number of hydrogen-bond acceptors (Lipinski definition) is 4. The predicted molar refractivity (Wildman–Crippen MR) is 80.0 cm³/mol. The van der Waals surface area contributed by atoms with Gasteiger partial charge in [-0.1, -0.05) is 43.5 Å². The number of ether oxygens (including phenoxy) is 2. The van der Waals surface area contributed by atoms with Gasteiger partial charge in [-0.05, 0) is 24.3 Å². The summed E-state index contributed by atoms with van der Waals surface area (Å²) in [5, 5.41) is 18.1. The minimum atomic E-state index is -1.49. The topological polar surface area (TPSA) is 93.1 Å². The van der Waals surface area contributed by atoms with E-state index in [4.69, 9.17) is 19.7 Å². The zero-order valence-electron chi connectivity index (χ0n) is 12.7. The Kier molecular flexibility index (Phi) is 4.63. The van der Waals surface area contributed by atoms with Crippen LogP contribution >= 0.6 is 0 Å². The van der Waals surface area contributed by atoms with E-state index in [1.807, 2.05) is 24.3 Å². The van der Waals surface area contributed by atoms with Crippen LogP contribution in [0.1, 0.15) is 55.4 Å². The molecule has 1 aliphatic heterocycles. The van der Waals surface area contributed by atoms with Gasteiger partial charge in [0.15, 0.2) is 18.5 Å². The first-order valence-electron chi connectivity index (χ1n) is 7.92. The molecule has 3 rings (SSSR count). The lowest BCUT2D eigenvalue weighted by Gasteiger charge is -2.22. The molecule has 6 nitrogen and oxygen atoms in total. The summed E-state index contributed by atoms with van der Waals surface area (Å²) in [5.41, 5.74) is 1.90. The number of carboxylic acid groups (broad SMARTS) is 2. The van der Waals surface area contributed by atoms with E-state index >= 15 is 0 Å². The van der Waals surface area contributed by atoms with Crippen molar-refractivity contribution in [2.24, 2.45) is 0 Å². The Morgan fingerprint density at radius 1 is 0.826 bits per heavy atom. The first kappa shape index (κ1) is 16.0. The van der Waals surface area contributed by atoms with Crippen LogP contribution < -0.4 is 0 Å². The zero-order chi connectivity index (χ0) is 16.4. The summed E-state index contributed by atoms with van der Waals surface area (Å²) in [7, 11) is 0. The van der Waals surface area contributed by atoms with Crippen molar-refractivity contribution in [3.05, 3.63) is 35.4 Å². The third-order valence-electron chi connectivity index (χ3n) is 4.59. The van der Waals surface area contributed by atoms with E-state index in [2.05, 4.69) is 0 Å². The van der Waals surface area contributed by atoms with E-state index in [1.165, 1.54) is 37.7 Å². The Bertz CT molecular complexity index is 553. The number of benzene rings is 1. The van der Waals surface area contributed by atoms with Crippen LogP contribution in [0.5, 0.6) is 0 Å². The molecule has 0 radical (unpaired) electrons. The van der Waals surface area contributed by atoms with Gasteiger partial charge in [-0.25, -0.2) is 9.59 Å². The molecule has 0 aromatic heterocycles. The van der Waals surface area contributed by atoms with Crippen LogP contribution in [0.15, 0.2) is 24.3 Å². The predicted octanol–water partition coefficient (Wildman–Crippen LogP) is 2.69. The number of carbonyl (C=O) groups is 2. The summed E-state index contributed by atoms with van der Waals surface area (Å²) in [6.45, 7) is 0. The largest absolute Gasteiger partial charge is 0.479 e. The summed E-state index contributed by atoms with van der Waals surface area (Å²) < 4.78 is 10.5. The van der Waals surface area contributed by atoms with Crippen molar-refractivity contribution in [1.29, 1.82) is 0 Å². The van der Waals surface area contributed by atoms with Crippen molar-refractivity contribution in [3.8, 4) is 0 Å². The fourth-order valence-electron chi connectivity index (χ4n) is 3.33. The van der Waals surface area contributed by atoms with Gasteiger partial charge in [0.05, 0.1) is 0 Å². The summed E-state index contributed by atoms with van der Waals surface area (Å²) in [6, 6.07) is 7.67. The van der Waals surface area contributed by atoms with Crippen LogP contribution in [0, 0.1) is 0 Å². The lowest BCUT2D eigenvalue weighted by atomic mass is 9.84. The Labute approximate surface area is 134 Å². The minimum Gasteiger partial charge on any atom is -0.479 e. The lowest BCUT2D eigenvalue weighted by Crippen LogP contribution is -2.36. The van der Waals surface area contributed by atoms with E-state index in [9.17, 15) is 9.59 Å². The maximum absolute atomic E-state index is 11.1. The van der Waals surface area contributed by atoms with Crippen molar-refractivity contribution in [1.82, 2.24) is 0 Å². The molecular weight excluding hydrogens is 300 g/mol. The minimum absolute atomic E-state index is 0.571. The quantitative estimate of drug-likeness (QED) is 0.886. The summed E-state index contributed by atoms with van der Waals surface area (Å²) in [6.07, 6.45) is 2.24. The molecule has 0 amide bonds. The fourth-order valence-corrected chi connectivity index (χ4v) is 3.33. The second kappa shape index (κ2) is 6.68. The number of aliphatic carboxylic acids is 2. The van der Waals surface area contributed by atoms with E-state index in [0.717, 1.165) is 0 Å². The molecule has 1 saturated carbocycles. The maximum atomic E-state index is 11.1. The van der Waals surface area contributed by atoms with Gasteiger partial charge >= 0.3 is 11.9 Å². The first-order valence-corrected chi connectivity index (χ1v) is 7.92. The molecular formula is C17H20O6. The molecule has 2 N–H and O–H groups in total. The van der Waals surface area contributed by atoms with Crippen LogP contribution in [0.4, 0.5) is 0 Å². The molecule has 0 spiro atoms. The van der Waals surface area contributed by atoms with Crippen molar-refractivity contribution in [2.45, 2.75) is 56.5 Å². The van der Waals surface area contributed by atoms with Crippen molar-refractivity contribution in [2.75, 3.05) is 0 Å². The lowest BCUT2D eigenvalue weighted by molar-refractivity contribution is -0.156. The van der Waals surface area contributed by atoms with Crippen molar-refractivity contribution in [3.63, 3.8) is 0 Å². The number of carboxylic acids is 2. The highest BCUT2D eigenvalue weighted by Gasteiger charge is 2.46. The smallest absolute Gasteiger partial charge is 0.336 e. The normalized spacial score (nSPS) is 28.6. The highest BCUT2D eigenvalue weighted by Crippen LogP contribution is 2.35. The molecule has 2 fully saturated rings. The third-order valence-corrected chi connectivity index (χ3v) is 4.59. The van der Waals surface area contributed by atoms with Gasteiger partial charge in [-0.15, -0.1) is 0 Å². The molecule has 1 saturated heterocycles. The van der Waals surface area contributed by atoms with E-state index in [0.29, 0.717) is 11.5 Å². The van der Waals surface area contributed by atoms with E-state index in [-0.39, 0.29) is 0 Å². The van der Waals surface area contributed by atoms with Crippen molar-refractivity contribution < 1.29 is 29.3 Å². The van der Waals surface area contributed by atoms with Crippen LogP contribution in [0.25, 0.3) is 0 Å². The van der Waals surface area contributed by atoms with Crippen LogP contribution in [0.3, 0.4) is 0 Å². The molecule has 6 heteroatoms. The SMILES string of the molecule is O=C(O)C1OC(c2ccc(C3CCCCC3)cc2)OC1C(=O)O. The second-order valence-electron chi connectivity index (χ2n) is 6.12. The monoisotopic (exact) mass is 320 g/mol. The molecule has 1 aliphatic carbocycles. The second-order valence-corrected chi connectivity index (χ2v) is 6.12. The summed E-state index contributed by atoms with van der Waals surface area (Å²) in [5.74, 6) is -2.10. The van der Waals surface area contributed by atoms with Crippen LogP contribution in [-0.4, -0.2) is 34.4 Å². The first-order chi connectivity index (χ1) is 11.1. The van der Waals surface area contributed by atoms with Gasteiger partial charge in [0.25, 0.3) is 0 Å². The average Bonchev–Trinajstić information content (AvgIpc) is 3.02. The molecule has 1 aromatic rings. The molecule has 2 atom stereocenters. The Hall–Kier alpha value is -1.92. The molecule has 2 unspecified atom stereocenters. The van der Waals surface area contributed by atoms with Gasteiger partial charge in [0.2, 0.25) is 0 Å². The molecule has 1 aromatic carbocycles. The van der Waals surface area contributed by atoms with Gasteiger partial charge < -0.3 is 19.7 Å². The third kappa shape index (κ3) is 3.38. The van der Waals surface area contributed by atoms with Gasteiger partial charge in [0.1, 0.15) is 0 Å². The standard InChI is InChI=1S/C17H20O6/c18-15(19)13-14(16(20)21)23-17(22-13)12-8-6-11(7-9-12)10-4-2-1-3-5-10/h6-10,13-14,17H,1-5H2,(H,18,19)(H,20,21). The zero-order valence-corrected chi connectivity index (χ0v) is 12.7. The van der Waals surface area contributed by atoms with Gasteiger partial charge in [-0.3, -0.25) is 0 Å². The molecule has 0 bridgehead atoms. The average molecular weight is 320 g/mol.